The van der Waals surface area contributed by atoms with Crippen LogP contribution in [0.3, 0.4) is 0 Å². The molecule has 0 bridgehead atoms. The first-order valence-electron chi connectivity index (χ1n) is 12.3. The Kier molecular flexibility index (Phi) is 8.75. The zero-order chi connectivity index (χ0) is 25.8. The molecule has 3 amide bonds. The lowest BCUT2D eigenvalue weighted by atomic mass is 9.97. The van der Waals surface area contributed by atoms with Gasteiger partial charge in [0, 0.05) is 10.8 Å². The summed E-state index contributed by atoms with van der Waals surface area (Å²) in [5, 5.41) is 17.0. The van der Waals surface area contributed by atoms with Crippen LogP contribution in [0, 0.1) is 0 Å². The maximum absolute atomic E-state index is 13.6. The van der Waals surface area contributed by atoms with Crippen molar-refractivity contribution in [2.45, 2.75) is 101 Å². The predicted octanol–water partition coefficient (Wildman–Crippen LogP) is 3.22. The number of rotatable bonds is 7. The zero-order valence-corrected chi connectivity index (χ0v) is 22.2. The Morgan fingerprint density at radius 2 is 1.80 bits per heavy atom. The molecule has 1 aliphatic carbocycles. The number of carbonyl (C=O) groups is 3. The molecule has 3 rings (SSSR count). The third-order valence-electron chi connectivity index (χ3n) is 6.41. The lowest BCUT2D eigenvalue weighted by molar-refractivity contribution is -0.147. The molecule has 0 aromatic heterocycles. The van der Waals surface area contributed by atoms with E-state index >= 15 is 0 Å². The molecule has 194 valence electrons. The molecular formula is C26H39N3O5S. The Hall–Kier alpha value is -2.26. The third kappa shape index (κ3) is 7.36. The van der Waals surface area contributed by atoms with Crippen molar-refractivity contribution in [1.82, 2.24) is 15.5 Å². The van der Waals surface area contributed by atoms with Gasteiger partial charge in [0.25, 0.3) is 5.91 Å². The molecule has 9 heteroatoms. The van der Waals surface area contributed by atoms with Gasteiger partial charge in [-0.1, -0.05) is 43.2 Å². The normalized spacial score (nSPS) is 21.9. The second-order valence-corrected chi connectivity index (χ2v) is 12.6. The van der Waals surface area contributed by atoms with Gasteiger partial charge in [-0.2, -0.15) is 0 Å². The minimum atomic E-state index is -1.54. The summed E-state index contributed by atoms with van der Waals surface area (Å²) in [6.45, 7) is 9.12. The fourth-order valence-corrected chi connectivity index (χ4v) is 5.81. The molecule has 3 atom stereocenters. The molecule has 1 aromatic rings. The molecule has 1 saturated carbocycles. The molecule has 0 radical (unpaired) electrons. The maximum atomic E-state index is 13.6. The monoisotopic (exact) mass is 505 g/mol. The molecule has 0 spiro atoms. The van der Waals surface area contributed by atoms with Crippen LogP contribution in [0.25, 0.3) is 0 Å². The van der Waals surface area contributed by atoms with Crippen LogP contribution >= 0.6 is 11.8 Å². The van der Waals surface area contributed by atoms with Crippen LogP contribution in [-0.2, 0) is 20.7 Å². The number of hydrogen-bond donors (Lipinski definition) is 3. The number of thioether (sulfide) groups is 1. The summed E-state index contributed by atoms with van der Waals surface area (Å²) in [4.78, 5) is 40.8. The van der Waals surface area contributed by atoms with E-state index in [4.69, 9.17) is 4.74 Å². The SMILES string of the molecule is CC(C)(C)OC(=O)N[C@@H](Cc1ccccc1)[C@H](O)C(=O)N1CSC(C)(C)[C@H]1C(=O)NC1CCCC1. The van der Waals surface area contributed by atoms with Crippen molar-refractivity contribution in [2.24, 2.45) is 0 Å². The van der Waals surface area contributed by atoms with Crippen molar-refractivity contribution in [3.63, 3.8) is 0 Å². The number of benzene rings is 1. The summed E-state index contributed by atoms with van der Waals surface area (Å²) in [5.41, 5.74) is 0.127. The van der Waals surface area contributed by atoms with E-state index in [1.54, 1.807) is 20.8 Å². The van der Waals surface area contributed by atoms with Crippen LogP contribution in [0.1, 0.15) is 65.9 Å². The van der Waals surface area contributed by atoms with Crippen LogP contribution < -0.4 is 10.6 Å². The zero-order valence-electron chi connectivity index (χ0n) is 21.4. The molecular weight excluding hydrogens is 466 g/mol. The lowest BCUT2D eigenvalue weighted by Crippen LogP contribution is -2.59. The number of aliphatic hydroxyl groups excluding tert-OH is 1. The van der Waals surface area contributed by atoms with Gasteiger partial charge in [-0.15, -0.1) is 11.8 Å². The Balaban J connectivity index is 1.78. The van der Waals surface area contributed by atoms with Crippen LogP contribution in [0.2, 0.25) is 0 Å². The Bertz CT molecular complexity index is 896. The predicted molar refractivity (Wildman–Crippen MR) is 137 cm³/mol. The first kappa shape index (κ1) is 27.3. The standard InChI is InChI=1S/C26H39N3O5S/c1-25(2,3)34-24(33)28-19(15-17-11-7-6-8-12-17)20(30)23(32)29-16-35-26(4,5)21(29)22(31)27-18-13-9-10-14-18/h6-8,11-12,18-21,30H,9-10,13-16H2,1-5H3,(H,27,31)(H,28,33)/t19-,20-,21+/m0/s1. The Morgan fingerprint density at radius 1 is 1.17 bits per heavy atom. The van der Waals surface area contributed by atoms with Gasteiger partial charge in [0.1, 0.15) is 11.6 Å². The summed E-state index contributed by atoms with van der Waals surface area (Å²) in [7, 11) is 0. The quantitative estimate of drug-likeness (QED) is 0.525. The minimum Gasteiger partial charge on any atom is -0.444 e. The van der Waals surface area contributed by atoms with Crippen molar-refractivity contribution in [3.05, 3.63) is 35.9 Å². The Labute approximate surface area is 212 Å². The molecule has 0 unspecified atom stereocenters. The molecule has 2 aliphatic rings. The van der Waals surface area contributed by atoms with Gasteiger partial charge in [0.2, 0.25) is 5.91 Å². The molecule has 1 aliphatic heterocycles. The highest BCUT2D eigenvalue weighted by molar-refractivity contribution is 8.00. The molecule has 1 aromatic carbocycles. The number of nitrogens with zero attached hydrogens (tertiary/aromatic N) is 1. The minimum absolute atomic E-state index is 0.130. The summed E-state index contributed by atoms with van der Waals surface area (Å²) >= 11 is 1.51. The van der Waals surface area contributed by atoms with Gasteiger partial charge in [0.15, 0.2) is 6.10 Å². The van der Waals surface area contributed by atoms with Gasteiger partial charge in [-0.05, 0) is 59.4 Å². The number of aliphatic hydroxyl groups is 1. The van der Waals surface area contributed by atoms with Crippen LogP contribution in [0.5, 0.6) is 0 Å². The fourth-order valence-electron chi connectivity index (χ4n) is 4.67. The van der Waals surface area contributed by atoms with Crippen LogP contribution in [-0.4, -0.2) is 68.4 Å². The number of carbonyl (C=O) groups excluding carboxylic acids is 3. The average Bonchev–Trinajstić information content (AvgIpc) is 3.38. The Morgan fingerprint density at radius 3 is 2.40 bits per heavy atom. The molecule has 3 N–H and O–H groups in total. The summed E-state index contributed by atoms with van der Waals surface area (Å²) in [5.74, 6) is -0.477. The molecule has 2 fully saturated rings. The highest BCUT2D eigenvalue weighted by Crippen LogP contribution is 2.40. The smallest absolute Gasteiger partial charge is 0.407 e. The number of nitrogens with one attached hydrogen (secondary N) is 2. The summed E-state index contributed by atoms with van der Waals surface area (Å²) in [6, 6.07) is 7.82. The van der Waals surface area contributed by atoms with Gasteiger partial charge in [-0.3, -0.25) is 9.59 Å². The third-order valence-corrected chi connectivity index (χ3v) is 7.79. The van der Waals surface area contributed by atoms with E-state index < -0.39 is 40.5 Å². The highest BCUT2D eigenvalue weighted by atomic mass is 32.2. The number of alkyl carbamates (subject to hydrolysis) is 1. The number of amides is 3. The van der Waals surface area contributed by atoms with Gasteiger partial charge in [-0.25, -0.2) is 4.79 Å². The van der Waals surface area contributed by atoms with Crippen molar-refractivity contribution >= 4 is 29.7 Å². The van der Waals surface area contributed by atoms with Crippen LogP contribution in [0.15, 0.2) is 30.3 Å². The summed E-state index contributed by atoms with van der Waals surface area (Å²) in [6.07, 6.45) is 2.05. The van der Waals surface area contributed by atoms with E-state index in [1.807, 2.05) is 44.2 Å². The van der Waals surface area contributed by atoms with E-state index in [9.17, 15) is 19.5 Å². The van der Waals surface area contributed by atoms with E-state index in [0.29, 0.717) is 0 Å². The number of hydrogen-bond acceptors (Lipinski definition) is 6. The molecule has 1 saturated heterocycles. The number of ether oxygens (including phenoxy) is 1. The highest BCUT2D eigenvalue weighted by Gasteiger charge is 2.50. The van der Waals surface area contributed by atoms with Gasteiger partial charge >= 0.3 is 6.09 Å². The first-order chi connectivity index (χ1) is 16.4. The maximum Gasteiger partial charge on any atom is 0.407 e. The van der Waals surface area contributed by atoms with Gasteiger partial charge < -0.3 is 25.4 Å². The average molecular weight is 506 g/mol. The first-order valence-corrected chi connectivity index (χ1v) is 13.3. The van der Waals surface area contributed by atoms with E-state index in [0.717, 1.165) is 31.2 Å². The van der Waals surface area contributed by atoms with E-state index in [1.165, 1.54) is 16.7 Å². The molecule has 1 heterocycles. The van der Waals surface area contributed by atoms with E-state index in [2.05, 4.69) is 10.6 Å². The largest absolute Gasteiger partial charge is 0.444 e. The molecule has 8 nitrogen and oxygen atoms in total. The second kappa shape index (κ2) is 11.2. The van der Waals surface area contributed by atoms with Crippen molar-refractivity contribution in [1.29, 1.82) is 0 Å². The lowest BCUT2D eigenvalue weighted by Gasteiger charge is -2.34. The second-order valence-electron chi connectivity index (χ2n) is 11.0. The van der Waals surface area contributed by atoms with Crippen LogP contribution in [0.4, 0.5) is 4.79 Å². The van der Waals surface area contributed by atoms with Crippen molar-refractivity contribution in [3.8, 4) is 0 Å². The topological polar surface area (TPSA) is 108 Å². The van der Waals surface area contributed by atoms with Crippen molar-refractivity contribution in [2.75, 3.05) is 5.88 Å². The summed E-state index contributed by atoms with van der Waals surface area (Å²) < 4.78 is 4.87. The fraction of sp³-hybridized carbons (Fsp3) is 0.654. The van der Waals surface area contributed by atoms with Gasteiger partial charge in [0.05, 0.1) is 11.9 Å². The van der Waals surface area contributed by atoms with E-state index in [-0.39, 0.29) is 24.2 Å². The molecule has 35 heavy (non-hydrogen) atoms. The van der Waals surface area contributed by atoms with Crippen molar-refractivity contribution < 1.29 is 24.2 Å².